The van der Waals surface area contributed by atoms with Gasteiger partial charge in [-0.3, -0.25) is 13.9 Å². The second kappa shape index (κ2) is 13.1. The standard InChI is InChI=1S/C30H36ClN3O4S/c1-6-23(4)32-30(36)24(5)33(19-25-11-7-9-21(2)17-25)29(35)20-34(27-12-8-10-22(3)18-27)39(37,38)28-15-13-26(31)14-16-28/h7-18,23-24H,6,19-20H2,1-5H3,(H,32,36)/t23-,24-/m1/s1. The maximum atomic E-state index is 14.0. The highest BCUT2D eigenvalue weighted by molar-refractivity contribution is 7.92. The molecule has 0 unspecified atom stereocenters. The fourth-order valence-electron chi connectivity index (χ4n) is 4.10. The average Bonchev–Trinajstić information content (AvgIpc) is 2.89. The molecule has 0 spiro atoms. The van der Waals surface area contributed by atoms with Gasteiger partial charge in [0.05, 0.1) is 10.6 Å². The van der Waals surface area contributed by atoms with Gasteiger partial charge in [0.1, 0.15) is 12.6 Å². The zero-order valence-corrected chi connectivity index (χ0v) is 24.6. The average molecular weight is 570 g/mol. The minimum Gasteiger partial charge on any atom is -0.352 e. The Labute approximate surface area is 236 Å². The quantitative estimate of drug-likeness (QED) is 0.331. The summed E-state index contributed by atoms with van der Waals surface area (Å²) in [6.07, 6.45) is 0.741. The lowest BCUT2D eigenvalue weighted by Crippen LogP contribution is -2.52. The minimum atomic E-state index is -4.14. The second-order valence-electron chi connectivity index (χ2n) is 9.81. The molecule has 0 aliphatic heterocycles. The molecular weight excluding hydrogens is 534 g/mol. The third-order valence-corrected chi connectivity index (χ3v) is 8.61. The van der Waals surface area contributed by atoms with Crippen LogP contribution in [0.15, 0.2) is 77.7 Å². The van der Waals surface area contributed by atoms with E-state index >= 15 is 0 Å². The summed E-state index contributed by atoms with van der Waals surface area (Å²) in [6, 6.07) is 19.6. The third-order valence-electron chi connectivity index (χ3n) is 6.57. The number of benzene rings is 3. The molecule has 1 N–H and O–H groups in total. The molecule has 3 aromatic rings. The third kappa shape index (κ3) is 7.83. The van der Waals surface area contributed by atoms with Crippen LogP contribution in [0.3, 0.4) is 0 Å². The van der Waals surface area contributed by atoms with Gasteiger partial charge in [-0.25, -0.2) is 8.42 Å². The van der Waals surface area contributed by atoms with E-state index in [0.29, 0.717) is 10.7 Å². The highest BCUT2D eigenvalue weighted by atomic mass is 35.5. The normalized spacial score (nSPS) is 12.9. The van der Waals surface area contributed by atoms with Crippen molar-refractivity contribution >= 4 is 39.1 Å². The van der Waals surface area contributed by atoms with Crippen molar-refractivity contribution in [3.05, 3.63) is 94.5 Å². The Kier molecular flexibility index (Phi) is 10.2. The van der Waals surface area contributed by atoms with E-state index in [1.54, 1.807) is 25.1 Å². The van der Waals surface area contributed by atoms with Gasteiger partial charge in [-0.05, 0) is 81.6 Å². The predicted octanol–water partition coefficient (Wildman–Crippen LogP) is 5.48. The van der Waals surface area contributed by atoms with E-state index in [-0.39, 0.29) is 23.4 Å². The van der Waals surface area contributed by atoms with Crippen LogP contribution in [0, 0.1) is 13.8 Å². The molecule has 9 heteroatoms. The van der Waals surface area contributed by atoms with E-state index in [1.165, 1.54) is 29.2 Å². The number of hydrogen-bond acceptors (Lipinski definition) is 4. The molecule has 0 aliphatic rings. The Bertz CT molecular complexity index is 1410. The minimum absolute atomic E-state index is 0.00834. The molecule has 0 aliphatic carbocycles. The van der Waals surface area contributed by atoms with Crippen molar-refractivity contribution in [1.82, 2.24) is 10.2 Å². The molecule has 0 aromatic heterocycles. The zero-order chi connectivity index (χ0) is 28.7. The van der Waals surface area contributed by atoms with Crippen LogP contribution < -0.4 is 9.62 Å². The van der Waals surface area contributed by atoms with Gasteiger partial charge in [-0.15, -0.1) is 0 Å². The highest BCUT2D eigenvalue weighted by Gasteiger charge is 2.32. The second-order valence-corrected chi connectivity index (χ2v) is 12.1. The summed E-state index contributed by atoms with van der Waals surface area (Å²) in [6.45, 7) is 8.99. The first-order valence-electron chi connectivity index (χ1n) is 12.9. The van der Waals surface area contributed by atoms with Gasteiger partial charge in [-0.2, -0.15) is 0 Å². The number of sulfonamides is 1. The monoisotopic (exact) mass is 569 g/mol. The first kappa shape index (κ1) is 30.2. The lowest BCUT2D eigenvalue weighted by atomic mass is 10.1. The Balaban J connectivity index is 2.03. The molecule has 2 amide bonds. The lowest BCUT2D eigenvalue weighted by molar-refractivity contribution is -0.139. The van der Waals surface area contributed by atoms with Crippen molar-refractivity contribution in [3.8, 4) is 0 Å². The van der Waals surface area contributed by atoms with Crippen molar-refractivity contribution in [3.63, 3.8) is 0 Å². The molecule has 208 valence electrons. The smallest absolute Gasteiger partial charge is 0.264 e. The number of carbonyl (C=O) groups is 2. The van der Waals surface area contributed by atoms with Gasteiger partial charge in [-0.1, -0.05) is 60.5 Å². The Hall–Kier alpha value is -3.36. The summed E-state index contributed by atoms with van der Waals surface area (Å²) in [5.74, 6) is -0.796. The van der Waals surface area contributed by atoms with Crippen LogP contribution in [0.4, 0.5) is 5.69 Å². The van der Waals surface area contributed by atoms with Crippen LogP contribution >= 0.6 is 11.6 Å². The Morgan fingerprint density at radius 1 is 0.923 bits per heavy atom. The van der Waals surface area contributed by atoms with E-state index in [9.17, 15) is 18.0 Å². The van der Waals surface area contributed by atoms with Crippen molar-refractivity contribution in [2.24, 2.45) is 0 Å². The van der Waals surface area contributed by atoms with Crippen LogP contribution in [-0.2, 0) is 26.2 Å². The van der Waals surface area contributed by atoms with Gasteiger partial charge in [0.25, 0.3) is 10.0 Å². The number of carbonyl (C=O) groups excluding carboxylic acids is 2. The molecule has 0 saturated heterocycles. The molecule has 2 atom stereocenters. The highest BCUT2D eigenvalue weighted by Crippen LogP contribution is 2.26. The van der Waals surface area contributed by atoms with Crippen LogP contribution in [-0.4, -0.2) is 43.8 Å². The number of anilines is 1. The molecule has 0 fully saturated rings. The van der Waals surface area contributed by atoms with E-state index in [2.05, 4.69) is 5.32 Å². The van der Waals surface area contributed by atoms with Crippen LogP contribution in [0.25, 0.3) is 0 Å². The maximum absolute atomic E-state index is 14.0. The van der Waals surface area contributed by atoms with Gasteiger partial charge >= 0.3 is 0 Å². The molecular formula is C30H36ClN3O4S. The topological polar surface area (TPSA) is 86.8 Å². The summed E-state index contributed by atoms with van der Waals surface area (Å²) >= 11 is 6.00. The van der Waals surface area contributed by atoms with E-state index in [0.717, 1.165) is 27.4 Å². The first-order chi connectivity index (χ1) is 18.4. The fraction of sp³-hybridized carbons (Fsp3) is 0.333. The summed E-state index contributed by atoms with van der Waals surface area (Å²) in [4.78, 5) is 28.5. The Morgan fingerprint density at radius 3 is 2.13 bits per heavy atom. The van der Waals surface area contributed by atoms with Gasteiger partial charge < -0.3 is 10.2 Å². The molecule has 0 heterocycles. The van der Waals surface area contributed by atoms with Crippen molar-refractivity contribution in [1.29, 1.82) is 0 Å². The molecule has 7 nitrogen and oxygen atoms in total. The molecule has 0 bridgehead atoms. The summed E-state index contributed by atoms with van der Waals surface area (Å²) in [5.41, 5.74) is 3.05. The predicted molar refractivity (Wildman–Crippen MR) is 156 cm³/mol. The zero-order valence-electron chi connectivity index (χ0n) is 23.0. The van der Waals surface area contributed by atoms with Gasteiger partial charge in [0.2, 0.25) is 11.8 Å². The number of hydrogen-bond donors (Lipinski definition) is 1. The number of nitrogens with zero attached hydrogens (tertiary/aromatic N) is 2. The molecule has 0 radical (unpaired) electrons. The lowest BCUT2D eigenvalue weighted by Gasteiger charge is -2.32. The maximum Gasteiger partial charge on any atom is 0.264 e. The van der Waals surface area contributed by atoms with Crippen LogP contribution in [0.1, 0.15) is 43.9 Å². The molecule has 39 heavy (non-hydrogen) atoms. The fourth-order valence-corrected chi connectivity index (χ4v) is 5.63. The SMILES string of the molecule is CC[C@@H](C)NC(=O)[C@@H](C)N(Cc1cccc(C)c1)C(=O)CN(c1cccc(C)c1)S(=O)(=O)c1ccc(Cl)cc1. The molecule has 0 saturated carbocycles. The van der Waals surface area contributed by atoms with Crippen LogP contribution in [0.5, 0.6) is 0 Å². The van der Waals surface area contributed by atoms with Crippen molar-refractivity contribution < 1.29 is 18.0 Å². The van der Waals surface area contributed by atoms with Gasteiger partial charge in [0.15, 0.2) is 0 Å². The number of aryl methyl sites for hydroxylation is 2. The summed E-state index contributed by atoms with van der Waals surface area (Å²) < 4.78 is 28.8. The van der Waals surface area contributed by atoms with E-state index < -0.39 is 28.5 Å². The first-order valence-corrected chi connectivity index (χ1v) is 14.7. The largest absolute Gasteiger partial charge is 0.352 e. The summed E-state index contributed by atoms with van der Waals surface area (Å²) in [5, 5.41) is 3.34. The molecule has 3 aromatic carbocycles. The Morgan fingerprint density at radius 2 is 1.54 bits per heavy atom. The number of rotatable bonds is 11. The van der Waals surface area contributed by atoms with Crippen molar-refractivity contribution in [2.45, 2.75) is 64.6 Å². The summed E-state index contributed by atoms with van der Waals surface area (Å²) in [7, 11) is -4.14. The molecule has 3 rings (SSSR count). The van der Waals surface area contributed by atoms with Crippen molar-refractivity contribution in [2.75, 3.05) is 10.8 Å². The van der Waals surface area contributed by atoms with Crippen LogP contribution in [0.2, 0.25) is 5.02 Å². The number of nitrogens with one attached hydrogen (secondary N) is 1. The number of amides is 2. The van der Waals surface area contributed by atoms with E-state index in [4.69, 9.17) is 11.6 Å². The van der Waals surface area contributed by atoms with E-state index in [1.807, 2.05) is 58.0 Å². The van der Waals surface area contributed by atoms with Gasteiger partial charge in [0, 0.05) is 17.6 Å². The number of halogens is 1.